The molecule has 0 bridgehead atoms. The third-order valence-corrected chi connectivity index (χ3v) is 3.73. The van der Waals surface area contributed by atoms with Gasteiger partial charge in [-0.3, -0.25) is 4.79 Å². The van der Waals surface area contributed by atoms with Crippen molar-refractivity contribution in [1.29, 1.82) is 0 Å². The lowest BCUT2D eigenvalue weighted by atomic mass is 9.79. The summed E-state index contributed by atoms with van der Waals surface area (Å²) >= 11 is 0. The van der Waals surface area contributed by atoms with Gasteiger partial charge < -0.3 is 5.32 Å². The second-order valence-corrected chi connectivity index (χ2v) is 5.15. The van der Waals surface area contributed by atoms with Gasteiger partial charge in [-0.1, -0.05) is 33.1 Å². The van der Waals surface area contributed by atoms with Crippen LogP contribution in [0.3, 0.4) is 0 Å². The van der Waals surface area contributed by atoms with Crippen LogP contribution in [0.25, 0.3) is 0 Å². The first-order valence-corrected chi connectivity index (χ1v) is 7.05. The molecule has 0 atom stereocenters. The first-order valence-electron chi connectivity index (χ1n) is 7.05. The van der Waals surface area contributed by atoms with Crippen molar-refractivity contribution in [2.24, 2.45) is 11.8 Å². The molecule has 2 heteroatoms. The first kappa shape index (κ1) is 13.5. The van der Waals surface area contributed by atoms with Gasteiger partial charge in [-0.25, -0.2) is 0 Å². The molecule has 0 unspecified atom stereocenters. The third kappa shape index (κ3) is 4.54. The molecule has 1 amide bonds. The number of rotatable bonds is 6. The molecule has 1 aliphatic carbocycles. The van der Waals surface area contributed by atoms with E-state index in [0.717, 1.165) is 31.7 Å². The molecule has 1 fully saturated rings. The van der Waals surface area contributed by atoms with Crippen molar-refractivity contribution in [3.05, 3.63) is 0 Å². The van der Waals surface area contributed by atoms with Crippen LogP contribution in [0.15, 0.2) is 0 Å². The maximum absolute atomic E-state index is 11.8. The SMILES string of the molecule is CCCCC1CCC(C(=O)NCCC)CC1. The highest BCUT2D eigenvalue weighted by Crippen LogP contribution is 2.31. The number of nitrogens with one attached hydrogen (secondary N) is 1. The molecule has 0 aromatic heterocycles. The average molecular weight is 225 g/mol. The lowest BCUT2D eigenvalue weighted by Crippen LogP contribution is -2.33. The van der Waals surface area contributed by atoms with Crippen LogP contribution in [-0.4, -0.2) is 12.5 Å². The predicted molar refractivity (Wildman–Crippen MR) is 68.3 cm³/mol. The molecule has 1 rings (SSSR count). The maximum atomic E-state index is 11.8. The van der Waals surface area contributed by atoms with E-state index in [9.17, 15) is 4.79 Å². The van der Waals surface area contributed by atoms with Gasteiger partial charge in [-0.2, -0.15) is 0 Å². The molecule has 16 heavy (non-hydrogen) atoms. The van der Waals surface area contributed by atoms with Gasteiger partial charge in [0.25, 0.3) is 0 Å². The number of hydrogen-bond acceptors (Lipinski definition) is 1. The zero-order valence-electron chi connectivity index (χ0n) is 10.9. The second-order valence-electron chi connectivity index (χ2n) is 5.15. The standard InChI is InChI=1S/C14H27NO/c1-3-5-6-12-7-9-13(10-8-12)14(16)15-11-4-2/h12-13H,3-11H2,1-2H3,(H,15,16). The number of hydrogen-bond donors (Lipinski definition) is 1. The Bertz CT molecular complexity index is 195. The van der Waals surface area contributed by atoms with Crippen LogP contribution in [-0.2, 0) is 4.79 Å². The molecule has 0 aliphatic heterocycles. The molecule has 2 nitrogen and oxygen atoms in total. The van der Waals surface area contributed by atoms with Gasteiger partial charge in [0.15, 0.2) is 0 Å². The lowest BCUT2D eigenvalue weighted by molar-refractivity contribution is -0.126. The summed E-state index contributed by atoms with van der Waals surface area (Å²) < 4.78 is 0. The minimum absolute atomic E-state index is 0.302. The van der Waals surface area contributed by atoms with Gasteiger partial charge in [0.2, 0.25) is 5.91 Å². The second kappa shape index (κ2) is 7.70. The van der Waals surface area contributed by atoms with E-state index in [-0.39, 0.29) is 0 Å². The zero-order valence-corrected chi connectivity index (χ0v) is 10.9. The molecular weight excluding hydrogens is 198 g/mol. The Hall–Kier alpha value is -0.530. The monoisotopic (exact) mass is 225 g/mol. The van der Waals surface area contributed by atoms with Crippen molar-refractivity contribution in [1.82, 2.24) is 5.32 Å². The molecule has 0 aromatic rings. The Morgan fingerprint density at radius 3 is 2.38 bits per heavy atom. The summed E-state index contributed by atoms with van der Waals surface area (Å²) in [6.07, 6.45) is 9.84. The minimum atomic E-state index is 0.302. The Morgan fingerprint density at radius 1 is 1.12 bits per heavy atom. The number of amides is 1. The Morgan fingerprint density at radius 2 is 1.81 bits per heavy atom. The summed E-state index contributed by atoms with van der Waals surface area (Å²) in [6.45, 7) is 5.19. The van der Waals surface area contributed by atoms with Gasteiger partial charge in [-0.05, 0) is 38.0 Å². The van der Waals surface area contributed by atoms with Crippen LogP contribution >= 0.6 is 0 Å². The number of carbonyl (C=O) groups is 1. The van der Waals surface area contributed by atoms with E-state index in [4.69, 9.17) is 0 Å². The van der Waals surface area contributed by atoms with E-state index in [0.29, 0.717) is 11.8 Å². The van der Waals surface area contributed by atoms with Crippen LogP contribution in [0.5, 0.6) is 0 Å². The Balaban J connectivity index is 2.18. The summed E-state index contributed by atoms with van der Waals surface area (Å²) in [4.78, 5) is 11.8. The summed E-state index contributed by atoms with van der Waals surface area (Å²) in [7, 11) is 0. The van der Waals surface area contributed by atoms with E-state index >= 15 is 0 Å². The van der Waals surface area contributed by atoms with Crippen LogP contribution in [0, 0.1) is 11.8 Å². The topological polar surface area (TPSA) is 29.1 Å². The smallest absolute Gasteiger partial charge is 0.223 e. The van der Waals surface area contributed by atoms with Crippen LogP contribution in [0.4, 0.5) is 0 Å². The number of carbonyl (C=O) groups excluding carboxylic acids is 1. The van der Waals surface area contributed by atoms with Gasteiger partial charge in [0.05, 0.1) is 0 Å². The fraction of sp³-hybridized carbons (Fsp3) is 0.929. The molecule has 1 aliphatic rings. The normalized spacial score (nSPS) is 25.4. The van der Waals surface area contributed by atoms with Crippen molar-refractivity contribution >= 4 is 5.91 Å². The maximum Gasteiger partial charge on any atom is 0.223 e. The van der Waals surface area contributed by atoms with Crippen molar-refractivity contribution in [3.63, 3.8) is 0 Å². The Kier molecular flexibility index (Phi) is 6.51. The molecule has 94 valence electrons. The van der Waals surface area contributed by atoms with Crippen LogP contribution < -0.4 is 5.32 Å². The Labute approximate surface area is 100 Å². The highest BCUT2D eigenvalue weighted by atomic mass is 16.1. The highest BCUT2D eigenvalue weighted by molar-refractivity contribution is 5.78. The fourth-order valence-corrected chi connectivity index (χ4v) is 2.60. The molecule has 1 saturated carbocycles. The summed E-state index contributed by atoms with van der Waals surface area (Å²) in [5, 5.41) is 3.02. The molecular formula is C14H27NO. The van der Waals surface area contributed by atoms with Gasteiger partial charge in [-0.15, -0.1) is 0 Å². The first-order chi connectivity index (χ1) is 7.77. The lowest BCUT2D eigenvalue weighted by Gasteiger charge is -2.27. The van der Waals surface area contributed by atoms with E-state index in [2.05, 4.69) is 19.2 Å². The largest absolute Gasteiger partial charge is 0.356 e. The highest BCUT2D eigenvalue weighted by Gasteiger charge is 2.25. The van der Waals surface area contributed by atoms with Crippen molar-refractivity contribution in [2.45, 2.75) is 65.2 Å². The van der Waals surface area contributed by atoms with E-state index < -0.39 is 0 Å². The molecule has 0 aromatic carbocycles. The van der Waals surface area contributed by atoms with Gasteiger partial charge in [0.1, 0.15) is 0 Å². The molecule has 0 radical (unpaired) electrons. The van der Waals surface area contributed by atoms with Gasteiger partial charge in [0, 0.05) is 12.5 Å². The van der Waals surface area contributed by atoms with Crippen LogP contribution in [0.2, 0.25) is 0 Å². The summed E-state index contributed by atoms with van der Waals surface area (Å²) in [5.41, 5.74) is 0. The molecule has 0 spiro atoms. The van der Waals surface area contributed by atoms with Crippen molar-refractivity contribution in [2.75, 3.05) is 6.54 Å². The fourth-order valence-electron chi connectivity index (χ4n) is 2.60. The predicted octanol–water partition coefficient (Wildman–Crippen LogP) is 3.51. The van der Waals surface area contributed by atoms with Gasteiger partial charge >= 0.3 is 0 Å². The van der Waals surface area contributed by atoms with E-state index in [1.54, 1.807) is 0 Å². The quantitative estimate of drug-likeness (QED) is 0.736. The molecule has 0 heterocycles. The van der Waals surface area contributed by atoms with E-state index in [1.807, 2.05) is 0 Å². The van der Waals surface area contributed by atoms with Crippen molar-refractivity contribution in [3.8, 4) is 0 Å². The summed E-state index contributed by atoms with van der Waals surface area (Å²) in [5.74, 6) is 1.51. The van der Waals surface area contributed by atoms with Crippen molar-refractivity contribution < 1.29 is 4.79 Å². The number of unbranched alkanes of at least 4 members (excludes halogenated alkanes) is 1. The van der Waals surface area contributed by atoms with E-state index in [1.165, 1.54) is 32.1 Å². The minimum Gasteiger partial charge on any atom is -0.356 e. The average Bonchev–Trinajstić information content (AvgIpc) is 2.34. The third-order valence-electron chi connectivity index (χ3n) is 3.73. The molecule has 0 saturated heterocycles. The molecule has 1 N–H and O–H groups in total. The summed E-state index contributed by atoms with van der Waals surface area (Å²) in [6, 6.07) is 0. The zero-order chi connectivity index (χ0) is 11.8. The van der Waals surface area contributed by atoms with Crippen LogP contribution in [0.1, 0.15) is 65.2 Å².